The van der Waals surface area contributed by atoms with Gasteiger partial charge in [-0.05, 0) is 99.4 Å². The normalized spacial score (nSPS) is 23.0. The lowest BCUT2D eigenvalue weighted by Crippen LogP contribution is -2.39. The first-order chi connectivity index (χ1) is 24.9. The second kappa shape index (κ2) is 14.6. The Kier molecular flexibility index (Phi) is 9.62. The van der Waals surface area contributed by atoms with E-state index >= 15 is 0 Å². The van der Waals surface area contributed by atoms with E-state index in [1.165, 1.54) is 0 Å². The zero-order valence-electron chi connectivity index (χ0n) is 29.1. The molecule has 268 valence electrons. The van der Waals surface area contributed by atoms with Crippen LogP contribution in [0.15, 0.2) is 72.8 Å². The van der Waals surface area contributed by atoms with Gasteiger partial charge < -0.3 is 38.2 Å². The molecule has 4 heterocycles. The van der Waals surface area contributed by atoms with E-state index in [-0.39, 0.29) is 48.9 Å². The van der Waals surface area contributed by atoms with Crippen molar-refractivity contribution in [1.29, 1.82) is 0 Å². The third kappa shape index (κ3) is 7.44. The summed E-state index contributed by atoms with van der Waals surface area (Å²) in [6, 6.07) is 21.6. The van der Waals surface area contributed by atoms with Crippen molar-refractivity contribution in [3.63, 3.8) is 0 Å². The van der Waals surface area contributed by atoms with Gasteiger partial charge in [-0.2, -0.15) is 0 Å². The number of likely N-dealkylation sites (tertiary alicyclic amines) is 2. The van der Waals surface area contributed by atoms with Crippen molar-refractivity contribution in [2.75, 3.05) is 67.1 Å². The number of fused-ring (bicyclic) bond motifs is 2. The van der Waals surface area contributed by atoms with Gasteiger partial charge in [-0.15, -0.1) is 0 Å². The summed E-state index contributed by atoms with van der Waals surface area (Å²) in [5.41, 5.74) is 4.15. The van der Waals surface area contributed by atoms with Crippen molar-refractivity contribution in [2.45, 2.75) is 31.1 Å². The first kappa shape index (κ1) is 33.6. The molecule has 8 nitrogen and oxygen atoms in total. The number of hydrogen-bond donors (Lipinski definition) is 0. The predicted molar refractivity (Wildman–Crippen MR) is 188 cm³/mol. The van der Waals surface area contributed by atoms with Gasteiger partial charge >= 0.3 is 0 Å². The van der Waals surface area contributed by atoms with Gasteiger partial charge in [0, 0.05) is 54.6 Å². The molecule has 4 aliphatic rings. The average Bonchev–Trinajstić information content (AvgIpc) is 3.79. The summed E-state index contributed by atoms with van der Waals surface area (Å²) in [7, 11) is 4.27. The molecule has 0 radical (unpaired) electrons. The molecule has 0 bridgehead atoms. The Morgan fingerprint density at radius 2 is 0.980 bits per heavy atom. The van der Waals surface area contributed by atoms with Crippen molar-refractivity contribution in [3.8, 4) is 34.5 Å². The summed E-state index contributed by atoms with van der Waals surface area (Å²) < 4.78 is 64.1. The van der Waals surface area contributed by atoms with Crippen molar-refractivity contribution in [1.82, 2.24) is 9.80 Å². The Bertz CT molecular complexity index is 1700. The predicted octanol–water partition coefficient (Wildman–Crippen LogP) is 7.24. The molecule has 0 aliphatic carbocycles. The van der Waals surface area contributed by atoms with Gasteiger partial charge in [-0.25, -0.2) is 8.78 Å². The van der Waals surface area contributed by atoms with Crippen molar-refractivity contribution in [2.24, 2.45) is 11.8 Å². The van der Waals surface area contributed by atoms with Crippen LogP contribution in [-0.2, 0) is 6.42 Å². The quantitative estimate of drug-likeness (QED) is 0.172. The fourth-order valence-electron chi connectivity index (χ4n) is 8.14. The minimum Gasteiger partial charge on any atom is -0.493 e. The molecule has 4 atom stereocenters. The molecule has 2 fully saturated rings. The summed E-state index contributed by atoms with van der Waals surface area (Å²) in [5, 5.41) is 0. The number of halogens is 2. The molecule has 4 aliphatic heterocycles. The summed E-state index contributed by atoms with van der Waals surface area (Å²) in [5.74, 6) is 4.57. The maximum Gasteiger partial charge on any atom is 0.231 e. The van der Waals surface area contributed by atoms with E-state index in [0.29, 0.717) is 42.6 Å². The second-order valence-corrected chi connectivity index (χ2v) is 14.4. The smallest absolute Gasteiger partial charge is 0.231 e. The number of hydrogen-bond acceptors (Lipinski definition) is 8. The van der Waals surface area contributed by atoms with Crippen LogP contribution in [0.5, 0.6) is 34.5 Å². The maximum atomic E-state index is 13.8. The molecular formula is C41H44F2N2O6. The number of piperidine rings is 2. The SMILES string of the molecule is CN1CC[C@H](c2ccc(F)cc2)[C@H](COc2cc3c(cc2Cc2cc4c(cc2OC[C@H]2CN(C)CC[C@H]2c2ccc(F)cc2)OCO4)OCO3)C1. The molecular weight excluding hydrogens is 654 g/mol. The van der Waals surface area contributed by atoms with Gasteiger partial charge in [-0.3, -0.25) is 0 Å². The van der Waals surface area contributed by atoms with Crippen LogP contribution in [0.1, 0.15) is 46.9 Å². The molecule has 0 spiro atoms. The van der Waals surface area contributed by atoms with E-state index < -0.39 is 0 Å². The summed E-state index contributed by atoms with van der Waals surface area (Å²) in [6.07, 6.45) is 2.44. The van der Waals surface area contributed by atoms with E-state index in [4.69, 9.17) is 28.4 Å². The van der Waals surface area contributed by atoms with Gasteiger partial charge in [-0.1, -0.05) is 24.3 Å². The highest BCUT2D eigenvalue weighted by atomic mass is 19.1. The van der Waals surface area contributed by atoms with Gasteiger partial charge in [0.1, 0.15) is 23.1 Å². The number of nitrogens with zero attached hydrogens (tertiary/aromatic N) is 2. The van der Waals surface area contributed by atoms with Crippen LogP contribution in [0.3, 0.4) is 0 Å². The molecule has 0 aromatic heterocycles. The van der Waals surface area contributed by atoms with E-state index in [1.54, 1.807) is 24.3 Å². The number of rotatable bonds is 10. The van der Waals surface area contributed by atoms with Gasteiger partial charge in [0.15, 0.2) is 23.0 Å². The number of benzene rings is 4. The Hall–Kier alpha value is -4.54. The van der Waals surface area contributed by atoms with Crippen LogP contribution in [0.25, 0.3) is 0 Å². The maximum absolute atomic E-state index is 13.8. The molecule has 51 heavy (non-hydrogen) atoms. The lowest BCUT2D eigenvalue weighted by Gasteiger charge is -2.37. The molecule has 0 amide bonds. The average molecular weight is 699 g/mol. The van der Waals surface area contributed by atoms with E-state index in [1.807, 2.05) is 48.5 Å². The monoisotopic (exact) mass is 698 g/mol. The van der Waals surface area contributed by atoms with Gasteiger partial charge in [0.05, 0.1) is 13.2 Å². The minimum atomic E-state index is -0.227. The van der Waals surface area contributed by atoms with E-state index in [0.717, 1.165) is 72.8 Å². The Morgan fingerprint density at radius 1 is 0.588 bits per heavy atom. The fraction of sp³-hybridized carbons (Fsp3) is 0.415. The zero-order valence-corrected chi connectivity index (χ0v) is 29.1. The Labute approximate surface area is 297 Å². The largest absolute Gasteiger partial charge is 0.493 e. The highest BCUT2D eigenvalue weighted by Crippen LogP contribution is 2.44. The minimum absolute atomic E-state index is 0.154. The summed E-state index contributed by atoms with van der Waals surface area (Å²) in [6.45, 7) is 4.98. The lowest BCUT2D eigenvalue weighted by molar-refractivity contribution is 0.128. The third-order valence-electron chi connectivity index (χ3n) is 10.9. The fourth-order valence-corrected chi connectivity index (χ4v) is 8.14. The van der Waals surface area contributed by atoms with E-state index in [2.05, 4.69) is 23.9 Å². The first-order valence-corrected chi connectivity index (χ1v) is 17.8. The molecule has 0 saturated carbocycles. The van der Waals surface area contributed by atoms with Crippen molar-refractivity contribution in [3.05, 3.63) is 107 Å². The molecule has 10 heteroatoms. The zero-order chi connectivity index (χ0) is 34.9. The topological polar surface area (TPSA) is 61.9 Å². The van der Waals surface area contributed by atoms with Crippen LogP contribution in [0.2, 0.25) is 0 Å². The van der Waals surface area contributed by atoms with E-state index in [9.17, 15) is 8.78 Å². The molecule has 8 rings (SSSR count). The van der Waals surface area contributed by atoms with Crippen LogP contribution >= 0.6 is 0 Å². The summed E-state index contributed by atoms with van der Waals surface area (Å²) in [4.78, 5) is 4.66. The van der Waals surface area contributed by atoms with Crippen molar-refractivity contribution < 1.29 is 37.2 Å². The molecule has 4 aromatic rings. The van der Waals surface area contributed by atoms with Crippen LogP contribution in [0.4, 0.5) is 8.78 Å². The van der Waals surface area contributed by atoms with Crippen molar-refractivity contribution >= 4 is 0 Å². The Morgan fingerprint density at radius 3 is 1.39 bits per heavy atom. The molecule has 2 saturated heterocycles. The molecule has 0 N–H and O–H groups in total. The second-order valence-electron chi connectivity index (χ2n) is 14.4. The van der Waals surface area contributed by atoms with Gasteiger partial charge in [0.25, 0.3) is 0 Å². The third-order valence-corrected chi connectivity index (χ3v) is 10.9. The highest BCUT2D eigenvalue weighted by Gasteiger charge is 2.32. The molecule has 4 aromatic carbocycles. The molecule has 0 unspecified atom stereocenters. The van der Waals surface area contributed by atoms with Crippen LogP contribution in [-0.4, -0.2) is 76.9 Å². The summed E-state index contributed by atoms with van der Waals surface area (Å²) >= 11 is 0. The standard InChI is InChI=1S/C41H44F2N2O6/c1-44-13-11-34(26-3-7-32(42)8-4-26)30(20-44)22-46-36-18-40-38(48-24-50-40)16-28(36)15-29-17-39-41(51-25-49-39)19-37(29)47-23-31-21-45(2)14-12-35(31)27-5-9-33(43)10-6-27/h3-10,16-19,30-31,34-35H,11-15,20-25H2,1-2H3/t30-,31+,34+,35-. The Balaban J connectivity index is 1.05. The number of ether oxygens (including phenoxy) is 6. The highest BCUT2D eigenvalue weighted by molar-refractivity contribution is 5.57. The van der Waals surface area contributed by atoms with Gasteiger partial charge in [0.2, 0.25) is 13.6 Å². The van der Waals surface area contributed by atoms with Crippen LogP contribution in [0, 0.1) is 23.5 Å². The van der Waals surface area contributed by atoms with Crippen LogP contribution < -0.4 is 28.4 Å². The lowest BCUT2D eigenvalue weighted by atomic mass is 9.81. The first-order valence-electron chi connectivity index (χ1n) is 17.8.